The zero-order chi connectivity index (χ0) is 57.4. The first kappa shape index (κ1) is 49.8. The molecule has 17 aromatic rings. The average Bonchev–Trinajstić information content (AvgIpc) is 1.71. The van der Waals surface area contributed by atoms with Crippen molar-refractivity contribution in [3.05, 3.63) is 315 Å². The van der Waals surface area contributed by atoms with E-state index in [1.165, 1.54) is 76.7 Å². The Morgan fingerprint density at radius 2 is 0.529 bits per heavy atom. The summed E-state index contributed by atoms with van der Waals surface area (Å²) in [5.41, 5.74) is 22.3. The van der Waals surface area contributed by atoms with Crippen molar-refractivity contribution < 1.29 is 0 Å². The van der Waals surface area contributed by atoms with Gasteiger partial charge in [-0.15, -0.1) is 0 Å². The molecule has 0 fully saturated rings. The summed E-state index contributed by atoms with van der Waals surface area (Å²) < 4.78 is 7.29. The fourth-order valence-electron chi connectivity index (χ4n) is 13.2. The summed E-state index contributed by atoms with van der Waals surface area (Å²) in [5, 5.41) is 7.19. The van der Waals surface area contributed by atoms with Crippen LogP contribution in [-0.4, -0.2) is 28.7 Å². The van der Waals surface area contributed by atoms with Gasteiger partial charge in [0.2, 0.25) is 0 Å². The maximum absolute atomic E-state index is 5.10. The molecule has 4 aromatic heterocycles. The van der Waals surface area contributed by atoms with Crippen molar-refractivity contribution in [1.29, 1.82) is 0 Å². The highest BCUT2D eigenvalue weighted by molar-refractivity contribution is 6.17. The van der Waals surface area contributed by atoms with Crippen LogP contribution in [0.15, 0.2) is 315 Å². The number of para-hydroxylation sites is 2. The van der Waals surface area contributed by atoms with Crippen LogP contribution in [0.1, 0.15) is 0 Å². The number of rotatable bonds is 10. The third-order valence-electron chi connectivity index (χ3n) is 17.3. The predicted molar refractivity (Wildman–Crippen MR) is 361 cm³/mol. The molecule has 17 rings (SSSR count). The molecule has 0 aliphatic carbocycles. The third kappa shape index (κ3) is 8.53. The quantitative estimate of drug-likeness (QED) is 0.137. The molecule has 87 heavy (non-hydrogen) atoms. The van der Waals surface area contributed by atoms with Gasteiger partial charge in [0.25, 0.3) is 0 Å². The predicted octanol–water partition coefficient (Wildman–Crippen LogP) is 20.8. The lowest BCUT2D eigenvalue weighted by Gasteiger charge is -2.13. The Hall–Kier alpha value is -11.7. The third-order valence-corrected chi connectivity index (χ3v) is 17.3. The summed E-state index contributed by atoms with van der Waals surface area (Å²) in [6, 6.07) is 113. The van der Waals surface area contributed by atoms with Gasteiger partial charge in [-0.1, -0.05) is 224 Å². The lowest BCUT2D eigenvalue weighted by atomic mass is 9.97. The largest absolute Gasteiger partial charge is 0.309 e. The highest BCUT2D eigenvalue weighted by Crippen LogP contribution is 2.43. The van der Waals surface area contributed by atoms with Gasteiger partial charge in [-0.2, -0.15) is 0 Å². The Labute approximate surface area is 502 Å². The molecule has 0 N–H and O–H groups in total. The van der Waals surface area contributed by atoms with Crippen LogP contribution in [0.5, 0.6) is 0 Å². The maximum Gasteiger partial charge on any atom is 0.164 e. The minimum atomic E-state index is 0.622. The molecule has 0 bridgehead atoms. The number of fused-ring (bicyclic) bond motifs is 9. The number of hydrogen-bond acceptors (Lipinski definition) is 3. The van der Waals surface area contributed by atoms with Crippen LogP contribution in [0, 0.1) is 0 Å². The van der Waals surface area contributed by atoms with Gasteiger partial charge in [-0.25, -0.2) is 15.0 Å². The molecule has 0 saturated carbocycles. The second kappa shape index (κ2) is 20.6. The molecule has 0 amide bonds. The van der Waals surface area contributed by atoms with E-state index in [-0.39, 0.29) is 0 Å². The van der Waals surface area contributed by atoms with Crippen molar-refractivity contribution in [2.75, 3.05) is 0 Å². The van der Waals surface area contributed by atoms with Crippen molar-refractivity contribution >= 4 is 65.4 Å². The standard InChI is InChI=1S/C81H52N6/c1-5-21-53(22-6-1)57-29-18-32-63(48-57)85-72-38-15-13-35-67(72)69-50-59(42-45-74(69)85)60-43-46-76-71(51-60)70-49-58(54-23-7-2-8-24-54)41-44-75(70)86(76)64-33-19-34-65(52-64)87-73-39-16-14-36-68(73)78-66(37-20-40-77(78)87)61-30-17-31-62(47-61)81-83-79(55-25-9-3-10-26-55)82-80(84-81)56-27-11-4-12-28-56/h1-52H. The van der Waals surface area contributed by atoms with Crippen LogP contribution in [0.3, 0.4) is 0 Å². The van der Waals surface area contributed by atoms with E-state index < -0.39 is 0 Å². The Balaban J connectivity index is 0.792. The van der Waals surface area contributed by atoms with Crippen molar-refractivity contribution in [2.24, 2.45) is 0 Å². The first-order valence-corrected chi connectivity index (χ1v) is 29.6. The molecule has 6 heteroatoms. The van der Waals surface area contributed by atoms with Gasteiger partial charge in [0.15, 0.2) is 17.5 Å². The van der Waals surface area contributed by atoms with Gasteiger partial charge < -0.3 is 13.7 Å². The number of aromatic nitrogens is 6. The topological polar surface area (TPSA) is 53.5 Å². The highest BCUT2D eigenvalue weighted by atomic mass is 15.0. The molecule has 0 aliphatic rings. The van der Waals surface area contributed by atoms with Crippen molar-refractivity contribution in [3.63, 3.8) is 0 Å². The molecule has 0 spiro atoms. The van der Waals surface area contributed by atoms with E-state index in [1.807, 2.05) is 60.7 Å². The van der Waals surface area contributed by atoms with Gasteiger partial charge in [-0.3, -0.25) is 0 Å². The molecule has 0 unspecified atom stereocenters. The average molecular weight is 1110 g/mol. The minimum absolute atomic E-state index is 0.622. The fourth-order valence-corrected chi connectivity index (χ4v) is 13.2. The summed E-state index contributed by atoms with van der Waals surface area (Å²) in [6.07, 6.45) is 0. The van der Waals surface area contributed by atoms with Crippen LogP contribution in [0.25, 0.3) is 161 Å². The molecule has 0 atom stereocenters. The molecular weight excluding hydrogens is 1060 g/mol. The zero-order valence-corrected chi connectivity index (χ0v) is 47.2. The second-order valence-electron chi connectivity index (χ2n) is 22.4. The smallest absolute Gasteiger partial charge is 0.164 e. The Kier molecular flexibility index (Phi) is 11.8. The van der Waals surface area contributed by atoms with Crippen LogP contribution >= 0.6 is 0 Å². The summed E-state index contributed by atoms with van der Waals surface area (Å²) in [6.45, 7) is 0. The Morgan fingerprint density at radius 1 is 0.184 bits per heavy atom. The summed E-state index contributed by atoms with van der Waals surface area (Å²) >= 11 is 0. The van der Waals surface area contributed by atoms with Crippen molar-refractivity contribution in [3.8, 4) is 95.7 Å². The van der Waals surface area contributed by atoms with Gasteiger partial charge >= 0.3 is 0 Å². The summed E-state index contributed by atoms with van der Waals surface area (Å²) in [4.78, 5) is 15.2. The van der Waals surface area contributed by atoms with Gasteiger partial charge in [0, 0.05) is 66.1 Å². The van der Waals surface area contributed by atoms with Gasteiger partial charge in [0.1, 0.15) is 0 Å². The normalized spacial score (nSPS) is 11.7. The molecule has 0 saturated heterocycles. The Morgan fingerprint density at radius 3 is 1.09 bits per heavy atom. The van der Waals surface area contributed by atoms with Crippen LogP contribution < -0.4 is 0 Å². The molecule has 6 nitrogen and oxygen atoms in total. The van der Waals surface area contributed by atoms with E-state index in [0.717, 1.165) is 66.9 Å². The number of nitrogens with zero attached hydrogens (tertiary/aromatic N) is 6. The van der Waals surface area contributed by atoms with E-state index in [1.54, 1.807) is 0 Å². The molecule has 0 radical (unpaired) electrons. The maximum atomic E-state index is 5.10. The minimum Gasteiger partial charge on any atom is -0.309 e. The summed E-state index contributed by atoms with van der Waals surface area (Å²) in [5.74, 6) is 1.89. The van der Waals surface area contributed by atoms with Gasteiger partial charge in [0.05, 0.1) is 33.1 Å². The Bertz CT molecular complexity index is 5450. The van der Waals surface area contributed by atoms with Gasteiger partial charge in [-0.05, 0) is 136 Å². The van der Waals surface area contributed by atoms with E-state index in [4.69, 9.17) is 15.0 Å². The highest BCUT2D eigenvalue weighted by Gasteiger charge is 2.21. The second-order valence-corrected chi connectivity index (χ2v) is 22.4. The van der Waals surface area contributed by atoms with Crippen molar-refractivity contribution in [1.82, 2.24) is 28.7 Å². The first-order valence-electron chi connectivity index (χ1n) is 29.6. The molecular formula is C81H52N6. The lowest BCUT2D eigenvalue weighted by Crippen LogP contribution is -2.00. The van der Waals surface area contributed by atoms with Crippen LogP contribution in [-0.2, 0) is 0 Å². The lowest BCUT2D eigenvalue weighted by molar-refractivity contribution is 1.07. The van der Waals surface area contributed by atoms with E-state index in [0.29, 0.717) is 17.5 Å². The van der Waals surface area contributed by atoms with Crippen LogP contribution in [0.4, 0.5) is 0 Å². The zero-order valence-electron chi connectivity index (χ0n) is 47.2. The van der Waals surface area contributed by atoms with E-state index in [2.05, 4.69) is 268 Å². The van der Waals surface area contributed by atoms with E-state index in [9.17, 15) is 0 Å². The summed E-state index contributed by atoms with van der Waals surface area (Å²) in [7, 11) is 0. The molecule has 406 valence electrons. The molecule has 0 aliphatic heterocycles. The molecule has 13 aromatic carbocycles. The van der Waals surface area contributed by atoms with E-state index >= 15 is 0 Å². The SMILES string of the molecule is c1ccc(-c2cccc(-n3c4ccccc4c4cc(-c5ccc6c(c5)c5cc(-c7ccccc7)ccc5n6-c5cccc(-n6c7ccccc7c7c(-c8cccc(-c9nc(-c%10ccccc%10)nc(-c%10ccccc%10)n9)c8)cccc76)c5)ccc43)c2)cc1. The van der Waals surface area contributed by atoms with Crippen LogP contribution in [0.2, 0.25) is 0 Å². The fraction of sp³-hybridized carbons (Fsp3) is 0. The number of hydrogen-bond donors (Lipinski definition) is 0. The monoisotopic (exact) mass is 1110 g/mol. The van der Waals surface area contributed by atoms with Crippen molar-refractivity contribution in [2.45, 2.75) is 0 Å². The first-order chi connectivity index (χ1) is 43.1. The molecule has 4 heterocycles. The number of benzene rings is 13.